The molecule has 0 radical (unpaired) electrons. The summed E-state index contributed by atoms with van der Waals surface area (Å²) < 4.78 is 148. The molecular formula is C66H93F9O9Si3. The topological polar surface area (TPSA) is 114 Å². The van der Waals surface area contributed by atoms with Crippen LogP contribution in [0.25, 0.3) is 0 Å². The smallest absolute Gasteiger partial charge is 0.431 e. The van der Waals surface area contributed by atoms with Crippen molar-refractivity contribution in [3.63, 3.8) is 0 Å². The molecule has 3 aliphatic carbocycles. The van der Waals surface area contributed by atoms with E-state index in [1.807, 2.05) is 78.9 Å². The maximum atomic E-state index is 14.2. The first-order valence-electron chi connectivity index (χ1n) is 29.9. The highest BCUT2D eigenvalue weighted by atomic mass is 28.4. The van der Waals surface area contributed by atoms with Gasteiger partial charge in [0.05, 0.1) is 0 Å². The Bertz CT molecular complexity index is 2600. The minimum absolute atomic E-state index is 0.113. The second-order valence-corrected chi connectivity index (χ2v) is 40.3. The van der Waals surface area contributed by atoms with Gasteiger partial charge in [0.1, 0.15) is 18.3 Å². The van der Waals surface area contributed by atoms with Gasteiger partial charge in [0.25, 0.3) is 17.0 Å². The van der Waals surface area contributed by atoms with E-state index in [9.17, 15) is 58.7 Å². The minimum Gasteiger partial charge on any atom is -0.459 e. The maximum absolute atomic E-state index is 14.2. The lowest BCUT2D eigenvalue weighted by Gasteiger charge is -2.39. The Labute approximate surface area is 513 Å². The SMILES string of the molecule is CC(C)=CC(=O)C(=O)O[C@H]1CCCC[C@@H]1c1ccccc1.CC(C)=C[C@@](O[Si](C)(C)C)(C(=O)O[C@H]1CCCC[C@@H]1c1ccccc1)C(F)(F)F.CC(C)=C[C@](O[Si](C)(C)C)(C(=O)O[C@H]1CCCC[C@@H]1c1ccccc1)C(F)(F)F.C[Si](C)(C)C(F)(F)F. The number of hydrogen-bond acceptors (Lipinski definition) is 9. The van der Waals surface area contributed by atoms with E-state index in [1.54, 1.807) is 53.1 Å². The second-order valence-electron chi connectivity index (χ2n) is 26.4. The summed E-state index contributed by atoms with van der Waals surface area (Å²) in [6, 6.07) is 29.2. The Hall–Kier alpha value is -5.10. The van der Waals surface area contributed by atoms with Crippen molar-refractivity contribution in [2.24, 2.45) is 0 Å². The fraction of sp³-hybridized carbons (Fsp3) is 0.576. The molecule has 0 bridgehead atoms. The molecular weight excluding hydrogens is 1190 g/mol. The van der Waals surface area contributed by atoms with Gasteiger partial charge >= 0.3 is 36.1 Å². The quantitative estimate of drug-likeness (QED) is 0.0263. The highest BCUT2D eigenvalue weighted by Gasteiger charge is 2.65. The highest BCUT2D eigenvalue weighted by Crippen LogP contribution is 2.45. The van der Waals surface area contributed by atoms with Crippen molar-refractivity contribution in [2.45, 2.75) is 243 Å². The normalized spacial score (nSPS) is 21.5. The van der Waals surface area contributed by atoms with Crippen LogP contribution in [0.3, 0.4) is 0 Å². The summed E-state index contributed by atoms with van der Waals surface area (Å²) in [6.07, 6.45) is 2.03. The minimum atomic E-state index is -4.92. The number of ketones is 1. The molecule has 9 nitrogen and oxygen atoms in total. The van der Waals surface area contributed by atoms with Crippen LogP contribution in [0.1, 0.15) is 153 Å². The number of carbonyl (C=O) groups excluding carboxylic acids is 4. The van der Waals surface area contributed by atoms with Crippen molar-refractivity contribution >= 4 is 48.4 Å². The third-order valence-corrected chi connectivity index (χ3v) is 18.0. The summed E-state index contributed by atoms with van der Waals surface area (Å²) in [7, 11) is -8.35. The molecule has 486 valence electrons. The van der Waals surface area contributed by atoms with E-state index in [0.717, 1.165) is 93.1 Å². The Kier molecular flexibility index (Phi) is 28.5. The number of allylic oxidation sites excluding steroid dienone is 3. The van der Waals surface area contributed by atoms with Crippen LogP contribution in [-0.2, 0) is 42.2 Å². The molecule has 0 aromatic heterocycles. The van der Waals surface area contributed by atoms with Crippen LogP contribution in [0, 0.1) is 0 Å². The van der Waals surface area contributed by atoms with Crippen molar-refractivity contribution in [1.82, 2.24) is 0 Å². The van der Waals surface area contributed by atoms with E-state index in [2.05, 4.69) is 12.1 Å². The zero-order chi connectivity index (χ0) is 66.0. The van der Waals surface area contributed by atoms with Crippen molar-refractivity contribution < 1.29 is 81.8 Å². The van der Waals surface area contributed by atoms with Crippen LogP contribution in [0.15, 0.2) is 126 Å². The summed E-state index contributed by atoms with van der Waals surface area (Å²) in [5, 5.41) is 0. The van der Waals surface area contributed by atoms with Crippen molar-refractivity contribution in [3.8, 4) is 0 Å². The van der Waals surface area contributed by atoms with Gasteiger partial charge in [-0.15, -0.1) is 0 Å². The predicted octanol–water partition coefficient (Wildman–Crippen LogP) is 19.0. The fourth-order valence-electron chi connectivity index (χ4n) is 10.5. The van der Waals surface area contributed by atoms with Gasteiger partial charge in [-0.25, -0.2) is 14.4 Å². The number of hydrogen-bond donors (Lipinski definition) is 0. The lowest BCUT2D eigenvalue weighted by atomic mass is 9.81. The van der Waals surface area contributed by atoms with Gasteiger partial charge in [0.15, 0.2) is 24.7 Å². The summed E-state index contributed by atoms with van der Waals surface area (Å²) in [4.78, 5) is 49.8. The van der Waals surface area contributed by atoms with Crippen LogP contribution in [0.2, 0.25) is 58.9 Å². The first-order valence-corrected chi connectivity index (χ1v) is 40.2. The Morgan fingerprint density at radius 1 is 0.414 bits per heavy atom. The molecule has 0 amide bonds. The van der Waals surface area contributed by atoms with E-state index < -0.39 is 90.0 Å². The van der Waals surface area contributed by atoms with Gasteiger partial charge in [0.2, 0.25) is 0 Å². The van der Waals surface area contributed by atoms with Crippen LogP contribution < -0.4 is 0 Å². The van der Waals surface area contributed by atoms with Gasteiger partial charge < -0.3 is 23.1 Å². The number of halogens is 9. The highest BCUT2D eigenvalue weighted by molar-refractivity contribution is 6.78. The van der Waals surface area contributed by atoms with Crippen molar-refractivity contribution in [2.75, 3.05) is 0 Å². The average molecular weight is 1290 g/mol. The summed E-state index contributed by atoms with van der Waals surface area (Å²) >= 11 is 0. The molecule has 3 aromatic carbocycles. The standard InChI is InChI=1S/2C22H31F3O3Si.C18H22O3.C4H9F3Si/c2*1-16(2)15-21(22(23,24)25,28-29(3,4)5)20(26)27-19-14-10-9-13-18(19)17-11-7-6-8-12-17;1-13(2)12-16(19)18(20)21-17-11-7-6-10-15(17)14-8-4-3-5-9-14;1-8(2,3)4(5,6)7/h2*6-8,11-12,15,18-19H,9-10,13-14H2,1-5H3;3-5,8-9,12,15,17H,6-7,10-11H2,1-2H3;1-3H3/t18-,19+,21+;18-,19+,21-;15-,17+;/m111./s1. The van der Waals surface area contributed by atoms with Gasteiger partial charge in [-0.1, -0.05) is 147 Å². The molecule has 3 aliphatic rings. The lowest BCUT2D eigenvalue weighted by molar-refractivity contribution is -0.244. The van der Waals surface area contributed by atoms with Crippen molar-refractivity contribution in [3.05, 3.63) is 143 Å². The monoisotopic (exact) mass is 1280 g/mol. The third kappa shape index (κ3) is 24.0. The van der Waals surface area contributed by atoms with E-state index >= 15 is 0 Å². The van der Waals surface area contributed by atoms with Crippen LogP contribution in [-0.4, -0.2) is 96.1 Å². The molecule has 0 spiro atoms. The molecule has 21 heteroatoms. The van der Waals surface area contributed by atoms with Gasteiger partial charge in [0, 0.05) is 17.8 Å². The van der Waals surface area contributed by atoms with Crippen LogP contribution in [0.4, 0.5) is 39.5 Å². The Morgan fingerprint density at radius 3 is 0.908 bits per heavy atom. The number of carbonyl (C=O) groups is 4. The molecule has 3 aromatic rings. The summed E-state index contributed by atoms with van der Waals surface area (Å²) in [6.45, 7) is 23.3. The predicted molar refractivity (Wildman–Crippen MR) is 332 cm³/mol. The molecule has 0 N–H and O–H groups in total. The third-order valence-electron chi connectivity index (χ3n) is 14.4. The van der Waals surface area contributed by atoms with Gasteiger partial charge in [-0.2, -0.15) is 39.5 Å². The molecule has 0 aliphatic heterocycles. The lowest BCUT2D eigenvalue weighted by Crippen LogP contribution is -2.59. The maximum Gasteiger partial charge on any atom is 0.431 e. The number of ether oxygens (including phenoxy) is 3. The number of benzene rings is 3. The molecule has 0 heterocycles. The second kappa shape index (κ2) is 32.6. The number of rotatable bonds is 16. The zero-order valence-corrected chi connectivity index (χ0v) is 56.4. The molecule has 8 atom stereocenters. The van der Waals surface area contributed by atoms with Crippen LogP contribution >= 0.6 is 0 Å². The largest absolute Gasteiger partial charge is 0.459 e. The molecule has 0 saturated heterocycles. The first kappa shape index (κ1) is 76.1. The summed E-state index contributed by atoms with van der Waals surface area (Å²) in [5.41, 5.74) is -1.50. The Morgan fingerprint density at radius 2 is 0.678 bits per heavy atom. The fourth-order valence-corrected chi connectivity index (χ4v) is 12.9. The van der Waals surface area contributed by atoms with E-state index in [-0.39, 0.29) is 23.9 Å². The molecule has 6 rings (SSSR count). The van der Waals surface area contributed by atoms with Gasteiger partial charge in [-0.05, 0) is 174 Å². The number of alkyl halides is 9. The van der Waals surface area contributed by atoms with E-state index in [4.69, 9.17) is 23.1 Å². The summed E-state index contributed by atoms with van der Waals surface area (Å²) in [5.74, 6) is -7.97. The molecule has 0 unspecified atom stereocenters. The zero-order valence-electron chi connectivity index (χ0n) is 53.4. The van der Waals surface area contributed by atoms with E-state index in [0.29, 0.717) is 24.0 Å². The Balaban J connectivity index is 0.000000324. The molecule has 3 fully saturated rings. The van der Waals surface area contributed by atoms with Crippen molar-refractivity contribution in [1.29, 1.82) is 0 Å². The molecule has 87 heavy (non-hydrogen) atoms. The van der Waals surface area contributed by atoms with E-state index in [1.165, 1.54) is 59.0 Å². The molecule has 3 saturated carbocycles. The number of esters is 3. The van der Waals surface area contributed by atoms with Gasteiger partial charge in [-0.3, -0.25) is 4.79 Å². The average Bonchev–Trinajstić information content (AvgIpc) is 1.03. The first-order chi connectivity index (χ1) is 40.0. The van der Waals surface area contributed by atoms with Crippen LogP contribution in [0.5, 0.6) is 0 Å².